The predicted molar refractivity (Wildman–Crippen MR) is 42.7 cm³/mol. The van der Waals surface area contributed by atoms with Gasteiger partial charge in [0.15, 0.2) is 0 Å². The van der Waals surface area contributed by atoms with Gasteiger partial charge in [0.2, 0.25) is 0 Å². The van der Waals surface area contributed by atoms with E-state index in [1.807, 2.05) is 5.94 Å². The monoisotopic (exact) mass is 156 g/mol. The third-order valence-corrected chi connectivity index (χ3v) is 2.94. The van der Waals surface area contributed by atoms with Crippen molar-refractivity contribution in [1.82, 2.24) is 0 Å². The average Bonchev–Trinajstić information content (AvgIpc) is 1.89. The van der Waals surface area contributed by atoms with Gasteiger partial charge in [-0.2, -0.15) is 0 Å². The second-order valence-electron chi connectivity index (χ2n) is 2.88. The Labute approximate surface area is 63.7 Å². The molecule has 0 aromatic heterocycles. The van der Waals surface area contributed by atoms with E-state index in [1.54, 1.807) is 6.08 Å². The van der Waals surface area contributed by atoms with Crippen LogP contribution in [0, 0.1) is 0 Å². The minimum atomic E-state index is -0.181. The minimum absolute atomic E-state index is 0.181. The fraction of sp³-hybridized carbons (Fsp3) is 0.714. The normalized spacial score (nSPS) is 33.2. The summed E-state index contributed by atoms with van der Waals surface area (Å²) >= 11 is 0. The summed E-state index contributed by atoms with van der Waals surface area (Å²) in [6.45, 7) is 0.807. The van der Waals surface area contributed by atoms with Crippen LogP contribution < -0.4 is 0 Å². The zero-order chi connectivity index (χ0) is 7.45. The second-order valence-corrected chi connectivity index (χ2v) is 4.57. The van der Waals surface area contributed by atoms with Crippen LogP contribution in [0.3, 0.4) is 0 Å². The maximum atomic E-state index is 10.0. The minimum Gasteiger partial charge on any atom is -0.375 e. The van der Waals surface area contributed by atoms with Crippen molar-refractivity contribution in [3.8, 4) is 0 Å². The van der Waals surface area contributed by atoms with E-state index in [4.69, 9.17) is 4.74 Å². The summed E-state index contributed by atoms with van der Waals surface area (Å²) in [4.78, 5) is 10.0. The predicted octanol–water partition coefficient (Wildman–Crippen LogP) is -0.364. The molecule has 3 heteroatoms. The topological polar surface area (TPSA) is 26.3 Å². The van der Waals surface area contributed by atoms with Gasteiger partial charge in [0.1, 0.15) is 5.94 Å². The lowest BCUT2D eigenvalue weighted by molar-refractivity contribution is 0.0161. The lowest BCUT2D eigenvalue weighted by Gasteiger charge is -2.29. The molecule has 1 atom stereocenters. The molecule has 56 valence electrons. The Bertz CT molecular complexity index is 155. The molecule has 0 N–H and O–H groups in total. The Balaban J connectivity index is 2.56. The van der Waals surface area contributed by atoms with Crippen LogP contribution in [0.2, 0.25) is 0 Å². The molecule has 0 saturated carbocycles. The molecule has 0 amide bonds. The van der Waals surface area contributed by atoms with Crippen molar-refractivity contribution in [2.45, 2.75) is 24.5 Å². The van der Waals surface area contributed by atoms with Crippen LogP contribution in [0.15, 0.2) is 6.08 Å². The second kappa shape index (κ2) is 3.15. The summed E-state index contributed by atoms with van der Waals surface area (Å²) in [5.74, 6) is 1.81. The Morgan fingerprint density at radius 2 is 2.40 bits per heavy atom. The van der Waals surface area contributed by atoms with Crippen LogP contribution >= 0.6 is 0 Å². The molecule has 0 aliphatic carbocycles. The zero-order valence-corrected chi connectivity index (χ0v) is 8.22. The maximum Gasteiger partial charge on any atom is 0.122 e. The highest BCUT2D eigenvalue weighted by molar-refractivity contribution is 6.16. The molecule has 10 heavy (non-hydrogen) atoms. The molecule has 1 heterocycles. The first-order chi connectivity index (χ1) is 4.77. The molecule has 1 fully saturated rings. The van der Waals surface area contributed by atoms with E-state index in [9.17, 15) is 4.79 Å². The quantitative estimate of drug-likeness (QED) is 0.383. The van der Waals surface area contributed by atoms with Gasteiger partial charge in [-0.05, 0) is 19.3 Å². The number of hydrogen-bond acceptors (Lipinski definition) is 2. The number of carbonyl (C=O) groups excluding carboxylic acids is 1. The largest absolute Gasteiger partial charge is 0.375 e. The highest BCUT2D eigenvalue weighted by Gasteiger charge is 2.24. The summed E-state index contributed by atoms with van der Waals surface area (Å²) in [5.41, 5.74) is 0. The Kier molecular flexibility index (Phi) is 2.43. The van der Waals surface area contributed by atoms with Gasteiger partial charge >= 0.3 is 0 Å². The van der Waals surface area contributed by atoms with Crippen molar-refractivity contribution in [1.29, 1.82) is 0 Å². The molecule has 1 aliphatic rings. The van der Waals surface area contributed by atoms with Crippen molar-refractivity contribution in [2.75, 3.05) is 6.61 Å². The van der Waals surface area contributed by atoms with Gasteiger partial charge in [0, 0.05) is 22.9 Å². The van der Waals surface area contributed by atoms with Gasteiger partial charge < -0.3 is 4.74 Å². The smallest absolute Gasteiger partial charge is 0.122 e. The van der Waals surface area contributed by atoms with E-state index in [2.05, 4.69) is 0 Å². The van der Waals surface area contributed by atoms with E-state index < -0.39 is 0 Å². The zero-order valence-electron chi connectivity index (χ0n) is 6.22. The van der Waals surface area contributed by atoms with Crippen molar-refractivity contribution >= 4 is 16.2 Å². The molecule has 1 unspecified atom stereocenters. The van der Waals surface area contributed by atoms with Crippen molar-refractivity contribution in [3.05, 3.63) is 6.08 Å². The Hall–Kier alpha value is -0.373. The van der Waals surface area contributed by atoms with E-state index in [0.717, 1.165) is 29.7 Å². The summed E-state index contributed by atoms with van der Waals surface area (Å²) in [5, 5.41) is -0.181. The molecule has 0 spiro atoms. The van der Waals surface area contributed by atoms with Crippen LogP contribution in [-0.2, 0) is 9.53 Å². The van der Waals surface area contributed by atoms with Gasteiger partial charge in [-0.3, -0.25) is 0 Å². The van der Waals surface area contributed by atoms with Crippen molar-refractivity contribution < 1.29 is 9.53 Å². The summed E-state index contributed by atoms with van der Waals surface area (Å²) in [7, 11) is 0.899. The molecule has 1 aliphatic heterocycles. The van der Waals surface area contributed by atoms with E-state index in [-0.39, 0.29) is 5.22 Å². The lowest BCUT2D eigenvalue weighted by Crippen LogP contribution is -2.34. The summed E-state index contributed by atoms with van der Waals surface area (Å²) < 4.78 is 5.45. The van der Waals surface area contributed by atoms with Gasteiger partial charge in [-0.1, -0.05) is 0 Å². The fourth-order valence-electron chi connectivity index (χ4n) is 1.19. The molecular formula is C7H12O2Si. The van der Waals surface area contributed by atoms with E-state index in [0.29, 0.717) is 0 Å². The average molecular weight is 156 g/mol. The number of rotatable bonds is 1. The molecule has 0 aromatic rings. The Morgan fingerprint density at radius 3 is 2.90 bits per heavy atom. The fourth-order valence-corrected chi connectivity index (χ4v) is 1.87. The maximum absolute atomic E-state index is 10.0. The van der Waals surface area contributed by atoms with Gasteiger partial charge in [-0.15, -0.1) is 0 Å². The van der Waals surface area contributed by atoms with Gasteiger partial charge in [-0.25, -0.2) is 4.79 Å². The molecule has 1 saturated heterocycles. The first kappa shape index (κ1) is 7.73. The van der Waals surface area contributed by atoms with Gasteiger partial charge in [0.25, 0.3) is 0 Å². The van der Waals surface area contributed by atoms with E-state index >= 15 is 0 Å². The third-order valence-electron chi connectivity index (χ3n) is 1.86. The standard InChI is InChI=1S/C7H12O2Si/c8-5-4-7(10)3-1-2-6-9-7/h4H,1-3,6H2,10H3. The van der Waals surface area contributed by atoms with Crippen molar-refractivity contribution in [3.63, 3.8) is 0 Å². The van der Waals surface area contributed by atoms with Crippen LogP contribution in [0.1, 0.15) is 19.3 Å². The Morgan fingerprint density at radius 1 is 1.60 bits per heavy atom. The van der Waals surface area contributed by atoms with Crippen molar-refractivity contribution in [2.24, 2.45) is 0 Å². The molecule has 0 bridgehead atoms. The van der Waals surface area contributed by atoms with E-state index in [1.165, 1.54) is 6.42 Å². The number of ether oxygens (including phenoxy) is 1. The molecule has 0 radical (unpaired) electrons. The van der Waals surface area contributed by atoms with Crippen LogP contribution in [0.4, 0.5) is 0 Å². The molecule has 2 nitrogen and oxygen atoms in total. The first-order valence-electron chi connectivity index (χ1n) is 3.63. The number of hydrogen-bond donors (Lipinski definition) is 0. The van der Waals surface area contributed by atoms with Crippen LogP contribution in [-0.4, -0.2) is 28.0 Å². The molecular weight excluding hydrogens is 144 g/mol. The van der Waals surface area contributed by atoms with Crippen LogP contribution in [0.5, 0.6) is 0 Å². The first-order valence-corrected chi connectivity index (χ1v) is 4.63. The SMILES string of the molecule is O=C=CC1([SiH3])CCCCO1. The third kappa shape index (κ3) is 1.80. The molecule has 1 rings (SSSR count). The molecule has 0 aromatic carbocycles. The summed E-state index contributed by atoms with van der Waals surface area (Å²) in [6, 6.07) is 0. The lowest BCUT2D eigenvalue weighted by atomic mass is 10.1. The highest BCUT2D eigenvalue weighted by Crippen LogP contribution is 2.21. The van der Waals surface area contributed by atoms with Gasteiger partial charge in [0.05, 0.1) is 5.22 Å². The summed E-state index contributed by atoms with van der Waals surface area (Å²) in [6.07, 6.45) is 4.87. The van der Waals surface area contributed by atoms with Crippen LogP contribution in [0.25, 0.3) is 0 Å². The highest BCUT2D eigenvalue weighted by atomic mass is 28.1.